The molecule has 0 radical (unpaired) electrons. The highest BCUT2D eigenvalue weighted by molar-refractivity contribution is 7.89. The summed E-state index contributed by atoms with van der Waals surface area (Å²) >= 11 is 0. The number of ether oxygens (including phenoxy) is 6. The lowest BCUT2D eigenvalue weighted by molar-refractivity contribution is -0.143. The fourth-order valence-electron chi connectivity index (χ4n) is 7.85. The third-order valence-electron chi connectivity index (χ3n) is 13.2. The third-order valence-corrected chi connectivity index (χ3v) is 14.7. The summed E-state index contributed by atoms with van der Waals surface area (Å²) in [6.45, 7) is 37.1. The molecular weight excluding hydrogens is 1370 g/mol. The molecule has 0 aromatic heterocycles. The second-order valence-corrected chi connectivity index (χ2v) is 24.8. The molecule has 0 aliphatic heterocycles. The van der Waals surface area contributed by atoms with E-state index in [2.05, 4.69) is 191 Å². The van der Waals surface area contributed by atoms with E-state index in [1.165, 1.54) is 87.7 Å². The van der Waals surface area contributed by atoms with Crippen LogP contribution in [-0.2, 0) is 56.3 Å². The van der Waals surface area contributed by atoms with Gasteiger partial charge in [0.1, 0.15) is 37.3 Å². The number of amides is 2. The molecule has 2 amide bonds. The maximum atomic E-state index is 11.8. The van der Waals surface area contributed by atoms with E-state index >= 15 is 0 Å². The molecule has 0 fully saturated rings. The number of fused-ring (bicyclic) bond motifs is 1. The monoisotopic (exact) mass is 1520 g/mol. The van der Waals surface area contributed by atoms with Gasteiger partial charge in [-0.3, -0.25) is 19.2 Å². The van der Waals surface area contributed by atoms with Crippen molar-refractivity contribution >= 4 is 50.2 Å². The number of aryl methyl sites for hydroxylation is 9. The summed E-state index contributed by atoms with van der Waals surface area (Å²) in [7, 11) is -1.88. The van der Waals surface area contributed by atoms with Gasteiger partial charge in [0.05, 0.1) is 24.5 Å². The second-order valence-electron chi connectivity index (χ2n) is 23.0. The second kappa shape index (κ2) is 75.2. The number of methoxy groups -OCH3 is 1. The van der Waals surface area contributed by atoms with Crippen LogP contribution in [0, 0.1) is 48.5 Å². The summed E-state index contributed by atoms with van der Waals surface area (Å²) in [6.07, 6.45) is 6.85. The Morgan fingerprint density at radius 3 is 1.26 bits per heavy atom. The van der Waals surface area contributed by atoms with E-state index in [4.69, 9.17) is 18.9 Å². The Bertz CT molecular complexity index is 3450. The van der Waals surface area contributed by atoms with Gasteiger partial charge in [0.2, 0.25) is 21.8 Å². The molecule has 0 bridgehead atoms. The Labute approximate surface area is 661 Å². The average molecular weight is 1530 g/mol. The quantitative estimate of drug-likeness (QED) is 0.0238. The van der Waals surface area contributed by atoms with Gasteiger partial charge < -0.3 is 39.1 Å². The lowest BCUT2D eigenvalue weighted by Gasteiger charge is -2.07. The van der Waals surface area contributed by atoms with Crippen molar-refractivity contribution in [3.8, 4) is 17.2 Å². The highest BCUT2D eigenvalue weighted by Crippen LogP contribution is 2.19. The molecule has 0 aliphatic carbocycles. The predicted molar refractivity (Wildman–Crippen MR) is 470 cm³/mol. The number of hydrogen-bond donors (Lipinski definition) is 3. The van der Waals surface area contributed by atoms with Gasteiger partial charge in [-0.1, -0.05) is 289 Å². The zero-order valence-electron chi connectivity index (χ0n) is 62.7. The van der Waals surface area contributed by atoms with E-state index < -0.39 is 22.0 Å². The number of anilines is 1. The van der Waals surface area contributed by atoms with Gasteiger partial charge in [-0.15, -0.1) is 0 Å². The maximum Gasteiger partial charge on any atom is 0.314 e. The summed E-state index contributed by atoms with van der Waals surface area (Å²) in [4.78, 5) is 43.9. The van der Waals surface area contributed by atoms with E-state index in [1.54, 1.807) is 31.4 Å². The topological polar surface area (TPSA) is 194 Å². The van der Waals surface area contributed by atoms with Gasteiger partial charge in [0, 0.05) is 46.2 Å². The van der Waals surface area contributed by atoms with Gasteiger partial charge in [-0.05, 0) is 163 Å². The first-order valence-electron chi connectivity index (χ1n) is 34.4. The number of rotatable bonds is 23. The Kier molecular flexibility index (Phi) is 83.8. The number of carbonyl (C=O) groups is 4. The first-order chi connectivity index (χ1) is 47.3. The van der Waals surface area contributed by atoms with E-state index in [1.807, 2.05) is 83.1 Å². The minimum atomic E-state index is -3.48. The highest BCUT2D eigenvalue weighted by Gasteiger charge is 2.14. The molecule has 0 spiro atoms. The first-order valence-corrected chi connectivity index (χ1v) is 35.9. The van der Waals surface area contributed by atoms with Crippen LogP contribution in [0.5, 0.6) is 17.2 Å². The van der Waals surface area contributed by atoms with E-state index in [0.29, 0.717) is 44.3 Å². The summed E-state index contributed by atoms with van der Waals surface area (Å²) in [5.41, 5.74) is 12.0. The molecule has 0 aliphatic rings. The van der Waals surface area contributed by atoms with E-state index in [0.717, 1.165) is 62.4 Å². The van der Waals surface area contributed by atoms with Crippen molar-refractivity contribution < 1.29 is 56.0 Å². The molecule has 0 saturated heterocycles. The standard InChI is InChI=1S/C13H19NO2.C12H14O4.C12H12.C11H16N2O3S.C10H14O.2C9H12.C4H10O2.C3H8.9CH4/c1-3-4-13(15)14-9-10-16-12-7-5-11(2)6-8-12;1-9-5-3-4-6-11(9)16-12(14)7-8-15-10(2)13;1-9-3-5-12-8-10(2)4-6-11(12)7-9;1-3-7-12-17(15,16)11-6-4-5-10(8-11)13-9(2)14;1-3-8-11-10-6-4-9(2)5-7-10;2*1-3-9-6-4-8(2)5-7-9;1-3-6-4-5-2;1-3-2;;;;;;;;;/h5-8H,3-4,9-10H2,1-2H3,(H,14,15);3-6H,7-8H2,1-2H3;3-8H,1-2H3;4-6,8,12H,3,7H2,1-2H3,(H,13,14);4-7H,3,8H2,1-2H3;2*4-7H,3H2,1-2H3;3-4H2,1-2H3;3H2,1-2H3;9*1H4. The van der Waals surface area contributed by atoms with Crippen LogP contribution in [0.2, 0.25) is 0 Å². The molecule has 8 rings (SSSR count). The van der Waals surface area contributed by atoms with E-state index in [-0.39, 0.29) is 96.6 Å². The zero-order valence-corrected chi connectivity index (χ0v) is 63.6. The third kappa shape index (κ3) is 62.4. The van der Waals surface area contributed by atoms with Crippen LogP contribution in [0.3, 0.4) is 0 Å². The molecule has 108 heavy (non-hydrogen) atoms. The number of para-hydroxylation sites is 1. The molecule has 3 N–H and O–H groups in total. The summed E-state index contributed by atoms with van der Waals surface area (Å²) in [6, 6.07) is 59.8. The summed E-state index contributed by atoms with van der Waals surface area (Å²) in [5, 5.41) is 8.01. The van der Waals surface area contributed by atoms with Crippen molar-refractivity contribution in [3.05, 3.63) is 232 Å². The predicted octanol–water partition coefficient (Wildman–Crippen LogP) is 24.6. The van der Waals surface area contributed by atoms with Crippen molar-refractivity contribution in [1.82, 2.24) is 10.0 Å². The molecule has 8 aromatic carbocycles. The molecule has 16 heteroatoms. The van der Waals surface area contributed by atoms with Crippen LogP contribution in [-0.4, -0.2) is 85.6 Å². The normalized spacial score (nSPS) is 9.06. The fourth-order valence-corrected chi connectivity index (χ4v) is 9.03. The van der Waals surface area contributed by atoms with Crippen LogP contribution < -0.4 is 29.6 Å². The SMILES string of the molecule is C.C.C.C.C.C.C.C.C.CC(=O)OCCC(=O)Oc1ccccc1C.CCC.CCCC(=O)NCCOc1ccc(C)cc1.CCCNS(=O)(=O)c1cccc(NC(C)=O)c1.CCCOc1ccc(C)cc1.CCOCOC.CCc1ccc(C)cc1.CCc1ccc(C)cc1.Cc1ccc2cc(C)ccc2c1. The zero-order chi connectivity index (χ0) is 74.2. The van der Waals surface area contributed by atoms with Crippen LogP contribution in [0.4, 0.5) is 5.69 Å². The summed E-state index contributed by atoms with van der Waals surface area (Å²) < 4.78 is 56.0. The average Bonchev–Trinajstić information content (AvgIpc) is 0.845. The largest absolute Gasteiger partial charge is 0.494 e. The van der Waals surface area contributed by atoms with Crippen molar-refractivity contribution in [2.24, 2.45) is 0 Å². The first kappa shape index (κ1) is 120. The van der Waals surface area contributed by atoms with Crippen molar-refractivity contribution in [2.75, 3.05) is 58.7 Å². The number of esters is 2. The molecule has 614 valence electrons. The lowest BCUT2D eigenvalue weighted by Crippen LogP contribution is -2.27. The minimum Gasteiger partial charge on any atom is -0.494 e. The number of sulfonamides is 1. The van der Waals surface area contributed by atoms with Crippen LogP contribution in [0.15, 0.2) is 187 Å². The van der Waals surface area contributed by atoms with Gasteiger partial charge in [0.25, 0.3) is 0 Å². The van der Waals surface area contributed by atoms with Gasteiger partial charge in [0.15, 0.2) is 0 Å². The van der Waals surface area contributed by atoms with Crippen LogP contribution >= 0.6 is 0 Å². The van der Waals surface area contributed by atoms with E-state index in [9.17, 15) is 27.6 Å². The summed E-state index contributed by atoms with van der Waals surface area (Å²) in [5.74, 6) is 1.40. The molecule has 0 heterocycles. The maximum absolute atomic E-state index is 11.8. The van der Waals surface area contributed by atoms with Gasteiger partial charge >= 0.3 is 11.9 Å². The molecule has 15 nitrogen and oxygen atoms in total. The van der Waals surface area contributed by atoms with Crippen LogP contribution in [0.1, 0.15) is 225 Å². The Hall–Kier alpha value is -8.67. The van der Waals surface area contributed by atoms with Crippen LogP contribution in [0.25, 0.3) is 10.8 Å². The number of carbonyl (C=O) groups excluding carboxylic acids is 4. The molecule has 0 saturated carbocycles. The van der Waals surface area contributed by atoms with Crippen molar-refractivity contribution in [1.29, 1.82) is 0 Å². The molecular formula is C92H153N3O12S. The van der Waals surface area contributed by atoms with Crippen molar-refractivity contribution in [2.45, 2.75) is 241 Å². The molecule has 0 atom stereocenters. The number of hydrogen-bond acceptors (Lipinski definition) is 12. The molecule has 8 aromatic rings. The smallest absolute Gasteiger partial charge is 0.314 e. The molecule has 0 unspecified atom stereocenters. The Morgan fingerprint density at radius 2 is 0.880 bits per heavy atom. The Morgan fingerprint density at radius 1 is 0.444 bits per heavy atom. The highest BCUT2D eigenvalue weighted by atomic mass is 32.2. The minimum absolute atomic E-state index is 0. The fraction of sp³-hybridized carbons (Fsp3) is 0.457. The lowest BCUT2D eigenvalue weighted by atomic mass is 10.1. The van der Waals surface area contributed by atoms with Gasteiger partial charge in [-0.2, -0.15) is 0 Å². The number of benzene rings is 8. The number of nitrogens with one attached hydrogen (secondary N) is 3. The Balaban J connectivity index is -0.000000127. The van der Waals surface area contributed by atoms with Gasteiger partial charge in [-0.25, -0.2) is 13.1 Å². The van der Waals surface area contributed by atoms with Crippen molar-refractivity contribution in [3.63, 3.8) is 0 Å².